The van der Waals surface area contributed by atoms with Crippen molar-refractivity contribution in [1.29, 1.82) is 0 Å². The van der Waals surface area contributed by atoms with Crippen LogP contribution in [-0.2, 0) is 9.59 Å². The van der Waals surface area contributed by atoms with Gasteiger partial charge in [0.15, 0.2) is 0 Å². The maximum Gasteiger partial charge on any atom is 0.239 e. The molecular weight excluding hydrogens is 340 g/mol. The number of carbonyl (C=O) groups is 2. The van der Waals surface area contributed by atoms with Gasteiger partial charge in [0.25, 0.3) is 0 Å². The second kappa shape index (κ2) is 8.32. The molecule has 0 atom stereocenters. The van der Waals surface area contributed by atoms with E-state index in [0.29, 0.717) is 5.75 Å². The molecule has 0 unspecified atom stereocenters. The number of thioether (sulfide) groups is 1. The van der Waals surface area contributed by atoms with Gasteiger partial charge in [0.1, 0.15) is 0 Å². The summed E-state index contributed by atoms with van der Waals surface area (Å²) in [5, 5.41) is 2.76. The molecule has 1 N–H and O–H groups in total. The highest BCUT2D eigenvalue weighted by atomic mass is 79.9. The molecule has 0 radical (unpaired) electrons. The molecule has 20 heavy (non-hydrogen) atoms. The van der Waals surface area contributed by atoms with Gasteiger partial charge in [0.2, 0.25) is 11.8 Å². The van der Waals surface area contributed by atoms with Gasteiger partial charge in [-0.05, 0) is 38.1 Å². The molecule has 1 aromatic rings. The fourth-order valence-electron chi connectivity index (χ4n) is 1.46. The smallest absolute Gasteiger partial charge is 0.239 e. The summed E-state index contributed by atoms with van der Waals surface area (Å²) >= 11 is 4.83. The SMILES string of the molecule is CC(C)NC(=O)CN(C)C(=O)CSc1ccc(Br)cc1. The summed E-state index contributed by atoms with van der Waals surface area (Å²) in [5.74, 6) is 0.133. The molecule has 0 aliphatic heterocycles. The van der Waals surface area contributed by atoms with Gasteiger partial charge in [-0.2, -0.15) is 0 Å². The highest BCUT2D eigenvalue weighted by molar-refractivity contribution is 9.10. The molecular formula is C14H19BrN2O2S. The van der Waals surface area contributed by atoms with Crippen molar-refractivity contribution in [3.8, 4) is 0 Å². The van der Waals surface area contributed by atoms with Gasteiger partial charge in [-0.15, -0.1) is 11.8 Å². The van der Waals surface area contributed by atoms with Gasteiger partial charge in [-0.1, -0.05) is 15.9 Å². The summed E-state index contributed by atoms with van der Waals surface area (Å²) in [4.78, 5) is 26.0. The maximum atomic E-state index is 11.9. The Labute approximate surface area is 132 Å². The van der Waals surface area contributed by atoms with E-state index in [1.54, 1.807) is 7.05 Å². The zero-order valence-electron chi connectivity index (χ0n) is 11.9. The van der Waals surface area contributed by atoms with Crippen LogP contribution in [-0.4, -0.2) is 42.1 Å². The van der Waals surface area contributed by atoms with Crippen LogP contribution in [0.2, 0.25) is 0 Å². The van der Waals surface area contributed by atoms with Crippen LogP contribution >= 0.6 is 27.7 Å². The van der Waals surface area contributed by atoms with E-state index in [1.165, 1.54) is 16.7 Å². The predicted octanol–water partition coefficient (Wildman–Crippen LogP) is 2.52. The number of benzene rings is 1. The number of nitrogens with zero attached hydrogens (tertiary/aromatic N) is 1. The molecule has 0 saturated heterocycles. The van der Waals surface area contributed by atoms with Gasteiger partial charge in [-0.25, -0.2) is 0 Å². The van der Waals surface area contributed by atoms with E-state index >= 15 is 0 Å². The number of carbonyl (C=O) groups excluding carboxylic acids is 2. The Kier molecular flexibility index (Phi) is 7.09. The van der Waals surface area contributed by atoms with E-state index in [-0.39, 0.29) is 24.4 Å². The lowest BCUT2D eigenvalue weighted by molar-refractivity contribution is -0.132. The van der Waals surface area contributed by atoms with Gasteiger partial charge < -0.3 is 10.2 Å². The molecule has 0 aliphatic carbocycles. The lowest BCUT2D eigenvalue weighted by atomic mass is 10.4. The molecule has 0 spiro atoms. The molecule has 1 aromatic carbocycles. The Bertz CT molecular complexity index is 463. The molecule has 0 bridgehead atoms. The highest BCUT2D eigenvalue weighted by Gasteiger charge is 2.13. The third kappa shape index (κ3) is 6.43. The summed E-state index contributed by atoms with van der Waals surface area (Å²) in [6.45, 7) is 3.88. The van der Waals surface area contributed by atoms with Crippen LogP contribution in [0.4, 0.5) is 0 Å². The Balaban J connectivity index is 2.38. The van der Waals surface area contributed by atoms with E-state index in [9.17, 15) is 9.59 Å². The van der Waals surface area contributed by atoms with Crippen molar-refractivity contribution in [2.24, 2.45) is 0 Å². The first-order valence-corrected chi connectivity index (χ1v) is 8.08. The van der Waals surface area contributed by atoms with Gasteiger partial charge in [-0.3, -0.25) is 9.59 Å². The number of likely N-dealkylation sites (N-methyl/N-ethyl adjacent to an activating group) is 1. The third-order valence-electron chi connectivity index (χ3n) is 2.43. The summed E-state index contributed by atoms with van der Waals surface area (Å²) < 4.78 is 1.01. The van der Waals surface area contributed by atoms with Crippen LogP contribution in [0, 0.1) is 0 Å². The van der Waals surface area contributed by atoms with Crippen molar-refractivity contribution in [3.63, 3.8) is 0 Å². The van der Waals surface area contributed by atoms with Crippen molar-refractivity contribution < 1.29 is 9.59 Å². The number of hydrogen-bond acceptors (Lipinski definition) is 3. The number of nitrogens with one attached hydrogen (secondary N) is 1. The molecule has 2 amide bonds. The summed E-state index contributed by atoms with van der Waals surface area (Å²) in [6.07, 6.45) is 0. The molecule has 0 saturated carbocycles. The number of hydrogen-bond donors (Lipinski definition) is 1. The molecule has 110 valence electrons. The summed E-state index contributed by atoms with van der Waals surface area (Å²) in [7, 11) is 1.64. The average Bonchev–Trinajstić information content (AvgIpc) is 2.36. The standard InChI is InChI=1S/C14H19BrN2O2S/c1-10(2)16-13(18)8-17(3)14(19)9-20-12-6-4-11(15)5-7-12/h4-7,10H,8-9H2,1-3H3,(H,16,18). The summed E-state index contributed by atoms with van der Waals surface area (Å²) in [6, 6.07) is 7.86. The molecule has 0 aromatic heterocycles. The first-order chi connectivity index (χ1) is 9.38. The minimum absolute atomic E-state index is 0.0585. The minimum atomic E-state index is -0.135. The second-order valence-corrected chi connectivity index (χ2v) is 6.68. The van der Waals surface area contributed by atoms with Gasteiger partial charge >= 0.3 is 0 Å². The van der Waals surface area contributed by atoms with Crippen LogP contribution in [0.25, 0.3) is 0 Å². The monoisotopic (exact) mass is 358 g/mol. The van der Waals surface area contributed by atoms with Gasteiger partial charge in [0, 0.05) is 22.5 Å². The normalized spacial score (nSPS) is 10.4. The molecule has 0 aliphatic rings. The first-order valence-electron chi connectivity index (χ1n) is 6.30. The molecule has 0 heterocycles. The average molecular weight is 359 g/mol. The van der Waals surface area contributed by atoms with E-state index in [2.05, 4.69) is 21.2 Å². The molecule has 0 fully saturated rings. The number of amides is 2. The zero-order chi connectivity index (χ0) is 15.1. The largest absolute Gasteiger partial charge is 0.352 e. The quantitative estimate of drug-likeness (QED) is 0.794. The Hall–Kier alpha value is -1.01. The van der Waals surface area contributed by atoms with Crippen molar-refractivity contribution in [2.45, 2.75) is 24.8 Å². The Morgan fingerprint density at radius 3 is 2.45 bits per heavy atom. The first kappa shape index (κ1) is 17.0. The number of rotatable bonds is 6. The van der Waals surface area contributed by atoms with E-state index < -0.39 is 0 Å². The van der Waals surface area contributed by atoms with Crippen molar-refractivity contribution in [1.82, 2.24) is 10.2 Å². The lowest BCUT2D eigenvalue weighted by Gasteiger charge is -2.17. The molecule has 6 heteroatoms. The van der Waals surface area contributed by atoms with E-state index in [0.717, 1.165) is 9.37 Å². The zero-order valence-corrected chi connectivity index (χ0v) is 14.3. The van der Waals surface area contributed by atoms with E-state index in [1.807, 2.05) is 38.1 Å². The topological polar surface area (TPSA) is 49.4 Å². The second-order valence-electron chi connectivity index (χ2n) is 4.71. The van der Waals surface area contributed by atoms with Gasteiger partial charge in [0.05, 0.1) is 12.3 Å². The molecule has 1 rings (SSSR count). The Morgan fingerprint density at radius 1 is 1.30 bits per heavy atom. The molecule has 4 nitrogen and oxygen atoms in total. The third-order valence-corrected chi connectivity index (χ3v) is 3.96. The van der Waals surface area contributed by atoms with Crippen LogP contribution in [0.1, 0.15) is 13.8 Å². The fraction of sp³-hybridized carbons (Fsp3) is 0.429. The van der Waals surface area contributed by atoms with Crippen molar-refractivity contribution >= 4 is 39.5 Å². The van der Waals surface area contributed by atoms with Crippen molar-refractivity contribution in [3.05, 3.63) is 28.7 Å². The van der Waals surface area contributed by atoms with Crippen LogP contribution in [0.3, 0.4) is 0 Å². The van der Waals surface area contributed by atoms with E-state index in [4.69, 9.17) is 0 Å². The fourth-order valence-corrected chi connectivity index (χ4v) is 2.56. The lowest BCUT2D eigenvalue weighted by Crippen LogP contribution is -2.41. The van der Waals surface area contributed by atoms with Crippen LogP contribution in [0.15, 0.2) is 33.6 Å². The summed E-state index contributed by atoms with van der Waals surface area (Å²) in [5.41, 5.74) is 0. The van der Waals surface area contributed by atoms with Crippen LogP contribution in [0.5, 0.6) is 0 Å². The maximum absolute atomic E-state index is 11.9. The number of halogens is 1. The predicted molar refractivity (Wildman–Crippen MR) is 85.8 cm³/mol. The Morgan fingerprint density at radius 2 is 1.90 bits per heavy atom. The highest BCUT2D eigenvalue weighted by Crippen LogP contribution is 2.20. The van der Waals surface area contributed by atoms with Crippen LogP contribution < -0.4 is 5.32 Å². The van der Waals surface area contributed by atoms with Crippen molar-refractivity contribution in [2.75, 3.05) is 19.3 Å². The minimum Gasteiger partial charge on any atom is -0.352 e.